The van der Waals surface area contributed by atoms with Crippen LogP contribution in [0.5, 0.6) is 0 Å². The third kappa shape index (κ3) is 4.98. The molecule has 0 radical (unpaired) electrons. The summed E-state index contributed by atoms with van der Waals surface area (Å²) < 4.78 is 6.88. The van der Waals surface area contributed by atoms with E-state index in [4.69, 9.17) is 4.74 Å². The molecular weight excluding hydrogens is 398 g/mol. The van der Waals surface area contributed by atoms with Gasteiger partial charge in [-0.3, -0.25) is 9.59 Å². The average molecular weight is 422 g/mol. The van der Waals surface area contributed by atoms with E-state index in [2.05, 4.69) is 10.4 Å². The summed E-state index contributed by atoms with van der Waals surface area (Å²) in [4.78, 5) is 25.7. The van der Waals surface area contributed by atoms with Gasteiger partial charge in [-0.25, -0.2) is 0 Å². The summed E-state index contributed by atoms with van der Waals surface area (Å²) in [7, 11) is 0. The maximum absolute atomic E-state index is 12.3. The minimum Gasteiger partial charge on any atom is -0.376 e. The lowest BCUT2D eigenvalue weighted by atomic mass is 10.2. The van der Waals surface area contributed by atoms with E-state index in [0.29, 0.717) is 17.8 Å². The molecule has 1 amide bonds. The predicted molar refractivity (Wildman–Crippen MR) is 116 cm³/mol. The molecule has 30 heavy (non-hydrogen) atoms. The SMILES string of the molecule is Cc1ccc(Sc2ccc(=O)n(-c3ccc(C(=O)NCC4CCCO4)cc3)n2)cc1. The number of nitrogens with zero attached hydrogens (tertiary/aromatic N) is 2. The summed E-state index contributed by atoms with van der Waals surface area (Å²) in [6.07, 6.45) is 2.12. The number of aromatic nitrogens is 2. The Hall–Kier alpha value is -2.90. The predicted octanol–water partition coefficient (Wildman–Crippen LogP) is 3.60. The van der Waals surface area contributed by atoms with E-state index < -0.39 is 0 Å². The van der Waals surface area contributed by atoms with Crippen LogP contribution in [0.25, 0.3) is 5.69 Å². The molecule has 6 nitrogen and oxygen atoms in total. The standard InChI is InChI=1S/C23H23N3O3S/c1-16-4-10-20(11-5-16)30-21-12-13-22(27)26(25-21)18-8-6-17(7-9-18)23(28)24-15-19-3-2-14-29-19/h4-13,19H,2-3,14-15H2,1H3,(H,24,28). The van der Waals surface area contributed by atoms with E-state index in [-0.39, 0.29) is 17.6 Å². The molecule has 1 N–H and O–H groups in total. The third-order valence-corrected chi connectivity index (χ3v) is 5.84. The molecule has 154 valence electrons. The zero-order valence-corrected chi connectivity index (χ0v) is 17.5. The van der Waals surface area contributed by atoms with Gasteiger partial charge in [-0.2, -0.15) is 9.78 Å². The number of hydrogen-bond acceptors (Lipinski definition) is 5. The number of rotatable bonds is 6. The number of carbonyl (C=O) groups is 1. The van der Waals surface area contributed by atoms with Gasteiger partial charge < -0.3 is 10.1 Å². The quantitative estimate of drug-likeness (QED) is 0.658. The molecule has 0 spiro atoms. The van der Waals surface area contributed by atoms with E-state index in [1.54, 1.807) is 30.3 Å². The number of aryl methyl sites for hydroxylation is 1. The highest BCUT2D eigenvalue weighted by Gasteiger charge is 2.16. The summed E-state index contributed by atoms with van der Waals surface area (Å²) in [6.45, 7) is 3.32. The van der Waals surface area contributed by atoms with Crippen molar-refractivity contribution < 1.29 is 9.53 Å². The number of hydrogen-bond donors (Lipinski definition) is 1. The van der Waals surface area contributed by atoms with Gasteiger partial charge in [0, 0.05) is 29.7 Å². The first-order valence-electron chi connectivity index (χ1n) is 9.94. The van der Waals surface area contributed by atoms with Crippen molar-refractivity contribution in [3.8, 4) is 5.69 Å². The molecule has 1 unspecified atom stereocenters. The molecular formula is C23H23N3O3S. The zero-order chi connectivity index (χ0) is 20.9. The molecule has 1 aromatic heterocycles. The van der Waals surface area contributed by atoms with Crippen molar-refractivity contribution in [2.45, 2.75) is 35.8 Å². The lowest BCUT2D eigenvalue weighted by molar-refractivity contribution is 0.0858. The lowest BCUT2D eigenvalue weighted by Gasteiger charge is -2.11. The smallest absolute Gasteiger partial charge is 0.271 e. The molecule has 2 heterocycles. The molecule has 0 saturated carbocycles. The summed E-state index contributed by atoms with van der Waals surface area (Å²) in [5, 5.41) is 8.09. The minimum atomic E-state index is -0.223. The fraction of sp³-hybridized carbons (Fsp3) is 0.261. The Morgan fingerprint density at radius 1 is 1.13 bits per heavy atom. The van der Waals surface area contributed by atoms with Gasteiger partial charge in [0.05, 0.1) is 11.8 Å². The van der Waals surface area contributed by atoms with Crippen LogP contribution in [0.3, 0.4) is 0 Å². The first-order valence-corrected chi connectivity index (χ1v) is 10.8. The molecule has 1 aliphatic rings. The van der Waals surface area contributed by atoms with Gasteiger partial charge in [-0.15, -0.1) is 0 Å². The van der Waals surface area contributed by atoms with Crippen LogP contribution in [0.2, 0.25) is 0 Å². The van der Waals surface area contributed by atoms with Crippen LogP contribution in [0.15, 0.2) is 75.4 Å². The van der Waals surface area contributed by atoms with Crippen molar-refractivity contribution in [3.05, 3.63) is 82.1 Å². The molecule has 3 aromatic rings. The van der Waals surface area contributed by atoms with Crippen molar-refractivity contribution >= 4 is 17.7 Å². The summed E-state index contributed by atoms with van der Waals surface area (Å²) >= 11 is 1.49. The van der Waals surface area contributed by atoms with Crippen LogP contribution in [-0.2, 0) is 4.74 Å². The highest BCUT2D eigenvalue weighted by atomic mass is 32.2. The van der Waals surface area contributed by atoms with Gasteiger partial charge in [0.15, 0.2) is 0 Å². The Kier molecular flexibility index (Phi) is 6.30. The van der Waals surface area contributed by atoms with Crippen LogP contribution in [0, 0.1) is 6.92 Å². The molecule has 1 saturated heterocycles. The van der Waals surface area contributed by atoms with Crippen LogP contribution in [0.4, 0.5) is 0 Å². The second-order valence-corrected chi connectivity index (χ2v) is 8.32. The number of ether oxygens (including phenoxy) is 1. The molecule has 4 rings (SSSR count). The van der Waals surface area contributed by atoms with Crippen LogP contribution < -0.4 is 10.9 Å². The summed E-state index contributed by atoms with van der Waals surface area (Å²) in [5.41, 5.74) is 2.12. The Bertz CT molecular complexity index is 1070. The molecule has 1 atom stereocenters. The van der Waals surface area contributed by atoms with Gasteiger partial charge in [0.1, 0.15) is 5.03 Å². The third-order valence-electron chi connectivity index (χ3n) is 4.91. The highest BCUT2D eigenvalue weighted by molar-refractivity contribution is 7.99. The van der Waals surface area contributed by atoms with Gasteiger partial charge in [0.2, 0.25) is 0 Å². The van der Waals surface area contributed by atoms with E-state index in [9.17, 15) is 9.59 Å². The minimum absolute atomic E-state index is 0.102. The van der Waals surface area contributed by atoms with Crippen LogP contribution in [-0.4, -0.2) is 34.9 Å². The van der Waals surface area contributed by atoms with E-state index in [1.807, 2.05) is 31.2 Å². The van der Waals surface area contributed by atoms with E-state index >= 15 is 0 Å². The number of nitrogens with one attached hydrogen (secondary N) is 1. The van der Waals surface area contributed by atoms with Crippen molar-refractivity contribution in [3.63, 3.8) is 0 Å². The number of amides is 1. The Morgan fingerprint density at radius 2 is 1.90 bits per heavy atom. The largest absolute Gasteiger partial charge is 0.376 e. The molecule has 1 fully saturated rings. The van der Waals surface area contributed by atoms with Gasteiger partial charge in [-0.1, -0.05) is 29.5 Å². The molecule has 0 bridgehead atoms. The monoisotopic (exact) mass is 421 g/mol. The van der Waals surface area contributed by atoms with Gasteiger partial charge >= 0.3 is 0 Å². The Morgan fingerprint density at radius 3 is 2.60 bits per heavy atom. The van der Waals surface area contributed by atoms with Crippen molar-refractivity contribution in [1.82, 2.24) is 15.1 Å². The molecule has 1 aliphatic heterocycles. The molecule has 0 aliphatic carbocycles. The fourth-order valence-electron chi connectivity index (χ4n) is 3.23. The van der Waals surface area contributed by atoms with Crippen LogP contribution >= 0.6 is 11.8 Å². The number of carbonyl (C=O) groups excluding carboxylic acids is 1. The Balaban J connectivity index is 1.47. The molecule has 2 aromatic carbocycles. The first-order chi connectivity index (χ1) is 14.6. The van der Waals surface area contributed by atoms with E-state index in [1.165, 1.54) is 28.1 Å². The lowest BCUT2D eigenvalue weighted by Crippen LogP contribution is -2.31. The Labute approximate surface area is 179 Å². The summed E-state index contributed by atoms with van der Waals surface area (Å²) in [5.74, 6) is -0.152. The average Bonchev–Trinajstić information content (AvgIpc) is 3.29. The fourth-order valence-corrected chi connectivity index (χ4v) is 4.00. The van der Waals surface area contributed by atoms with Gasteiger partial charge in [0.25, 0.3) is 11.5 Å². The second kappa shape index (κ2) is 9.28. The second-order valence-electron chi connectivity index (χ2n) is 7.23. The molecule has 7 heteroatoms. The normalized spacial score (nSPS) is 15.8. The van der Waals surface area contributed by atoms with Crippen molar-refractivity contribution in [1.29, 1.82) is 0 Å². The first kappa shape index (κ1) is 20.4. The summed E-state index contributed by atoms with van der Waals surface area (Å²) in [6, 6.07) is 18.2. The zero-order valence-electron chi connectivity index (χ0n) is 16.7. The maximum Gasteiger partial charge on any atom is 0.271 e. The van der Waals surface area contributed by atoms with Crippen molar-refractivity contribution in [2.75, 3.05) is 13.2 Å². The highest BCUT2D eigenvalue weighted by Crippen LogP contribution is 2.25. The van der Waals surface area contributed by atoms with Gasteiger partial charge in [-0.05, 0) is 62.2 Å². The number of benzene rings is 2. The topological polar surface area (TPSA) is 73.2 Å². The van der Waals surface area contributed by atoms with Crippen molar-refractivity contribution in [2.24, 2.45) is 0 Å². The van der Waals surface area contributed by atoms with E-state index in [0.717, 1.165) is 29.4 Å². The maximum atomic E-state index is 12.3. The van der Waals surface area contributed by atoms with Crippen LogP contribution in [0.1, 0.15) is 28.8 Å².